The van der Waals surface area contributed by atoms with Crippen molar-refractivity contribution < 1.29 is 72.2 Å². The summed E-state index contributed by atoms with van der Waals surface area (Å²) >= 11 is 0. The molecule has 160 valence electrons. The minimum absolute atomic E-state index is 2.58. The molecular weight excluding hydrogens is 438 g/mol. The topological polar surface area (TPSA) is 74.7 Å². The first kappa shape index (κ1) is 22.1. The summed E-state index contributed by atoms with van der Waals surface area (Å²) in [7, 11) is 0. The molecule has 1 N–H and O–H groups in total. The van der Waals surface area contributed by atoms with Crippen LogP contribution in [0.15, 0.2) is 0 Å². The number of alkyl halides is 12. The van der Waals surface area contributed by atoms with Crippen molar-refractivity contribution in [3.63, 3.8) is 0 Å². The lowest BCUT2D eigenvalue weighted by Crippen LogP contribution is -2.77. The van der Waals surface area contributed by atoms with Gasteiger partial charge in [-0.25, -0.2) is 18.5 Å². The summed E-state index contributed by atoms with van der Waals surface area (Å²) in [6.07, 6.45) is -10.5. The maximum atomic E-state index is 14.6. The van der Waals surface area contributed by atoms with Gasteiger partial charge in [0.15, 0.2) is 0 Å². The van der Waals surface area contributed by atoms with E-state index in [0.29, 0.717) is 0 Å². The van der Waals surface area contributed by atoms with E-state index in [-0.39, 0.29) is 0 Å². The monoisotopic (exact) mass is 441 g/mol. The van der Waals surface area contributed by atoms with E-state index < -0.39 is 70.2 Å². The lowest BCUT2D eigenvalue weighted by atomic mass is 9.69. The van der Waals surface area contributed by atoms with Crippen LogP contribution in [0.1, 0.15) is 6.42 Å². The SMILES string of the molecule is O=C1N([C@](F)(C(=O)O)C(F)(F)F)C(=O)C2(F)C1(F)CC(F)(F)C(F)(F)C2(F)F. The van der Waals surface area contributed by atoms with Crippen molar-refractivity contribution in [2.24, 2.45) is 0 Å². The van der Waals surface area contributed by atoms with E-state index in [0.717, 1.165) is 0 Å². The Morgan fingerprint density at radius 2 is 1.29 bits per heavy atom. The van der Waals surface area contributed by atoms with Crippen molar-refractivity contribution in [3.05, 3.63) is 0 Å². The van der Waals surface area contributed by atoms with Crippen molar-refractivity contribution in [2.45, 2.75) is 47.5 Å². The quantitative estimate of drug-likeness (QED) is 0.406. The van der Waals surface area contributed by atoms with Crippen molar-refractivity contribution >= 4 is 17.8 Å². The Labute approximate surface area is 143 Å². The Morgan fingerprint density at radius 1 is 0.857 bits per heavy atom. The average Bonchev–Trinajstić information content (AvgIpc) is 2.63. The smallest absolute Gasteiger partial charge is 0.454 e. The van der Waals surface area contributed by atoms with Crippen LogP contribution in [0.3, 0.4) is 0 Å². The van der Waals surface area contributed by atoms with Crippen LogP contribution < -0.4 is 0 Å². The van der Waals surface area contributed by atoms with E-state index in [4.69, 9.17) is 5.11 Å². The lowest BCUT2D eigenvalue weighted by molar-refractivity contribution is -0.380. The second kappa shape index (κ2) is 5.03. The lowest BCUT2D eigenvalue weighted by Gasteiger charge is -2.46. The van der Waals surface area contributed by atoms with Crippen LogP contribution in [0.2, 0.25) is 0 Å². The maximum absolute atomic E-state index is 14.6. The number of carbonyl (C=O) groups is 3. The number of carbonyl (C=O) groups excluding carboxylic acids is 2. The van der Waals surface area contributed by atoms with E-state index in [2.05, 4.69) is 0 Å². The van der Waals surface area contributed by atoms with Gasteiger partial charge in [-0.3, -0.25) is 9.59 Å². The highest BCUT2D eigenvalue weighted by atomic mass is 19.4. The maximum Gasteiger partial charge on any atom is 0.454 e. The number of nitrogens with zero attached hydrogens (tertiary/aromatic N) is 1. The fraction of sp³-hybridized carbons (Fsp3) is 0.727. The van der Waals surface area contributed by atoms with Gasteiger partial charge < -0.3 is 5.11 Å². The van der Waals surface area contributed by atoms with Crippen LogP contribution in [0.4, 0.5) is 52.7 Å². The molecule has 1 heterocycles. The van der Waals surface area contributed by atoms with Gasteiger partial charge in [0.2, 0.25) is 5.67 Å². The molecule has 0 bridgehead atoms. The highest BCUT2D eigenvalue weighted by Gasteiger charge is 2.98. The third-order valence-electron chi connectivity index (χ3n) is 4.31. The number of aliphatic carboxylic acids is 1. The standard InChI is InChI=1S/C11H3F12NO4/c12-5-1-6(13,14)9(17,18)10(19,20)7(5,15)3(26)24(2(5)25)8(16,4(27)28)11(21,22)23/h1H2,(H,27,28)/t5?,7?,8-/m1/s1. The molecule has 28 heavy (non-hydrogen) atoms. The second-order valence-corrected chi connectivity index (χ2v) is 5.86. The molecule has 1 saturated heterocycles. The summed E-state index contributed by atoms with van der Waals surface area (Å²) in [6, 6.07) is 0. The molecule has 2 aliphatic rings. The number of hydrogen-bond donors (Lipinski definition) is 1. The Hall–Kier alpha value is -2.23. The van der Waals surface area contributed by atoms with Gasteiger partial charge in [-0.1, -0.05) is 0 Å². The molecule has 0 aromatic heterocycles. The van der Waals surface area contributed by atoms with E-state index >= 15 is 0 Å². The summed E-state index contributed by atoms with van der Waals surface area (Å²) in [6.45, 7) is 0. The molecule has 2 fully saturated rings. The van der Waals surface area contributed by atoms with Crippen LogP contribution in [0.25, 0.3) is 0 Å². The number of imide groups is 1. The third-order valence-corrected chi connectivity index (χ3v) is 4.31. The van der Waals surface area contributed by atoms with E-state index in [1.54, 1.807) is 0 Å². The van der Waals surface area contributed by atoms with Crippen molar-refractivity contribution in [1.29, 1.82) is 0 Å². The van der Waals surface area contributed by atoms with Crippen molar-refractivity contribution in [3.8, 4) is 0 Å². The third kappa shape index (κ3) is 1.89. The molecular formula is C11H3F12NO4. The largest absolute Gasteiger partial charge is 0.477 e. The van der Waals surface area contributed by atoms with Crippen molar-refractivity contribution in [1.82, 2.24) is 4.90 Å². The molecule has 2 rings (SSSR count). The molecule has 0 radical (unpaired) electrons. The number of carboxylic acids is 1. The Morgan fingerprint density at radius 3 is 1.64 bits per heavy atom. The van der Waals surface area contributed by atoms with E-state index in [1.165, 1.54) is 0 Å². The highest BCUT2D eigenvalue weighted by molar-refractivity contribution is 6.16. The normalized spacial score (nSPS) is 36.1. The number of fused-ring (bicyclic) bond motifs is 1. The molecule has 1 saturated carbocycles. The van der Waals surface area contributed by atoms with Gasteiger partial charge in [-0.2, -0.15) is 43.9 Å². The van der Waals surface area contributed by atoms with E-state index in [1.807, 2.05) is 0 Å². The Bertz CT molecular complexity index is 780. The fourth-order valence-corrected chi connectivity index (χ4v) is 2.81. The minimum atomic E-state index is -7.19. The second-order valence-electron chi connectivity index (χ2n) is 5.86. The first-order chi connectivity index (χ1) is 12.1. The van der Waals surface area contributed by atoms with E-state index in [9.17, 15) is 67.1 Å². The summed E-state index contributed by atoms with van der Waals surface area (Å²) < 4.78 is 162. The predicted molar refractivity (Wildman–Crippen MR) is 56.5 cm³/mol. The van der Waals surface area contributed by atoms with Crippen LogP contribution in [-0.2, 0) is 14.4 Å². The van der Waals surface area contributed by atoms with Crippen LogP contribution in [-0.4, -0.2) is 68.9 Å². The van der Waals surface area contributed by atoms with Crippen LogP contribution >= 0.6 is 0 Å². The van der Waals surface area contributed by atoms with Crippen LogP contribution in [0, 0.1) is 0 Å². The zero-order valence-corrected chi connectivity index (χ0v) is 12.4. The van der Waals surface area contributed by atoms with Gasteiger partial charge in [0.25, 0.3) is 11.8 Å². The molecule has 1 aliphatic heterocycles. The van der Waals surface area contributed by atoms with Gasteiger partial charge >= 0.3 is 41.4 Å². The zero-order valence-electron chi connectivity index (χ0n) is 12.4. The predicted octanol–water partition coefficient (Wildman–Crippen LogP) is 2.39. The fourth-order valence-electron chi connectivity index (χ4n) is 2.81. The number of carboxylic acid groups (broad SMARTS) is 1. The Balaban J connectivity index is 2.89. The molecule has 5 nitrogen and oxygen atoms in total. The van der Waals surface area contributed by atoms with Gasteiger partial charge in [0.1, 0.15) is 0 Å². The molecule has 0 aromatic rings. The highest BCUT2D eigenvalue weighted by Crippen LogP contribution is 2.67. The van der Waals surface area contributed by atoms with Gasteiger partial charge in [0, 0.05) is 0 Å². The molecule has 0 aromatic carbocycles. The molecule has 2 amide bonds. The van der Waals surface area contributed by atoms with Crippen molar-refractivity contribution in [2.75, 3.05) is 0 Å². The molecule has 1 aliphatic carbocycles. The minimum Gasteiger partial charge on any atom is -0.477 e. The summed E-state index contributed by atoms with van der Waals surface area (Å²) in [5, 5.41) is 8.33. The average molecular weight is 441 g/mol. The number of likely N-dealkylation sites (tertiary alicyclic amines) is 1. The molecule has 17 heteroatoms. The summed E-state index contributed by atoms with van der Waals surface area (Å²) in [5.74, 6) is -38.6. The van der Waals surface area contributed by atoms with Crippen LogP contribution in [0.5, 0.6) is 0 Å². The zero-order chi connectivity index (χ0) is 22.5. The summed E-state index contributed by atoms with van der Waals surface area (Å²) in [4.78, 5) is 31.3. The number of amides is 2. The first-order valence-electron chi connectivity index (χ1n) is 6.48. The first-order valence-corrected chi connectivity index (χ1v) is 6.48. The molecule has 2 unspecified atom stereocenters. The molecule has 0 spiro atoms. The number of hydrogen-bond acceptors (Lipinski definition) is 3. The number of rotatable bonds is 2. The number of halogens is 12. The van der Waals surface area contributed by atoms with Gasteiger partial charge in [-0.05, 0) is 0 Å². The Kier molecular flexibility index (Phi) is 3.96. The van der Waals surface area contributed by atoms with Gasteiger partial charge in [-0.15, -0.1) is 0 Å². The molecule has 3 atom stereocenters. The summed E-state index contributed by atoms with van der Waals surface area (Å²) in [5.41, 5.74) is -12.3. The van der Waals surface area contributed by atoms with Gasteiger partial charge in [0.05, 0.1) is 6.42 Å².